The molecule has 1 aromatic heterocycles. The van der Waals surface area contributed by atoms with Crippen LogP contribution < -0.4 is 10.6 Å². The molecule has 0 radical (unpaired) electrons. The Morgan fingerprint density at radius 1 is 1.40 bits per heavy atom. The zero-order valence-electron chi connectivity index (χ0n) is 10.9. The van der Waals surface area contributed by atoms with E-state index in [9.17, 15) is 4.79 Å². The maximum absolute atomic E-state index is 11.8. The van der Waals surface area contributed by atoms with Crippen LogP contribution in [0.4, 0.5) is 0 Å². The first-order valence-electron chi connectivity index (χ1n) is 6.30. The van der Waals surface area contributed by atoms with E-state index in [1.807, 2.05) is 0 Å². The lowest BCUT2D eigenvalue weighted by atomic mass is 10.4. The van der Waals surface area contributed by atoms with Gasteiger partial charge >= 0.3 is 0 Å². The highest BCUT2D eigenvalue weighted by atomic mass is 79.9. The van der Waals surface area contributed by atoms with Gasteiger partial charge in [0.1, 0.15) is 0 Å². The summed E-state index contributed by atoms with van der Waals surface area (Å²) in [6.07, 6.45) is 0. The number of hydrogen-bond acceptors (Lipinski definition) is 5. The smallest absolute Gasteiger partial charge is 0.293 e. The molecule has 1 amide bonds. The SMILES string of the molecule is O=C(NC(=S)NCCN1CCOCC1)c1ccc(Br)o1. The Bertz CT molecular complexity index is 474. The number of carbonyl (C=O) groups is 1. The van der Waals surface area contributed by atoms with Crippen LogP contribution in [0.1, 0.15) is 10.6 Å². The van der Waals surface area contributed by atoms with Gasteiger partial charge in [0.05, 0.1) is 13.2 Å². The number of nitrogens with one attached hydrogen (secondary N) is 2. The Kier molecular flexibility index (Phi) is 5.96. The molecule has 0 aliphatic carbocycles. The van der Waals surface area contributed by atoms with Gasteiger partial charge in [-0.3, -0.25) is 15.0 Å². The van der Waals surface area contributed by atoms with Crippen molar-refractivity contribution in [2.75, 3.05) is 39.4 Å². The summed E-state index contributed by atoms with van der Waals surface area (Å²) in [6.45, 7) is 4.96. The summed E-state index contributed by atoms with van der Waals surface area (Å²) in [6, 6.07) is 3.24. The van der Waals surface area contributed by atoms with Gasteiger partial charge in [-0.1, -0.05) is 0 Å². The molecule has 8 heteroatoms. The van der Waals surface area contributed by atoms with Gasteiger partial charge in [-0.05, 0) is 40.3 Å². The summed E-state index contributed by atoms with van der Waals surface area (Å²) in [5.74, 6) is -0.145. The van der Waals surface area contributed by atoms with Gasteiger partial charge in [0, 0.05) is 26.2 Å². The third kappa shape index (κ3) is 4.86. The van der Waals surface area contributed by atoms with Crippen molar-refractivity contribution in [1.29, 1.82) is 0 Å². The van der Waals surface area contributed by atoms with Crippen LogP contribution in [-0.2, 0) is 4.74 Å². The van der Waals surface area contributed by atoms with Crippen LogP contribution in [0.15, 0.2) is 21.2 Å². The Hall–Kier alpha value is -0.960. The van der Waals surface area contributed by atoms with Crippen LogP contribution >= 0.6 is 28.1 Å². The van der Waals surface area contributed by atoms with Gasteiger partial charge in [0.15, 0.2) is 15.5 Å². The van der Waals surface area contributed by atoms with Crippen molar-refractivity contribution in [2.24, 2.45) is 0 Å². The van der Waals surface area contributed by atoms with Crippen LogP contribution in [0.3, 0.4) is 0 Å². The van der Waals surface area contributed by atoms with E-state index in [0.717, 1.165) is 32.8 Å². The van der Waals surface area contributed by atoms with Gasteiger partial charge in [-0.2, -0.15) is 0 Å². The number of rotatable bonds is 4. The van der Waals surface area contributed by atoms with Gasteiger partial charge < -0.3 is 14.5 Å². The van der Waals surface area contributed by atoms with Gasteiger partial charge in [-0.15, -0.1) is 0 Å². The number of hydrogen-bond donors (Lipinski definition) is 2. The Morgan fingerprint density at radius 3 is 2.80 bits per heavy atom. The minimum Gasteiger partial charge on any atom is -0.444 e. The zero-order chi connectivity index (χ0) is 14.4. The first-order valence-corrected chi connectivity index (χ1v) is 7.50. The van der Waals surface area contributed by atoms with Crippen molar-refractivity contribution in [3.05, 3.63) is 22.6 Å². The molecule has 0 saturated carbocycles. The fourth-order valence-corrected chi connectivity index (χ4v) is 2.30. The third-order valence-corrected chi connectivity index (χ3v) is 3.51. The standard InChI is InChI=1S/C12H16BrN3O3S/c13-10-2-1-9(19-10)11(17)15-12(20)14-3-4-16-5-7-18-8-6-16/h1-2H,3-8H2,(H2,14,15,17,20). The molecule has 0 aromatic carbocycles. The molecule has 0 atom stereocenters. The molecule has 6 nitrogen and oxygen atoms in total. The lowest BCUT2D eigenvalue weighted by molar-refractivity contribution is 0.0389. The quantitative estimate of drug-likeness (QED) is 0.779. The summed E-state index contributed by atoms with van der Waals surface area (Å²) in [5, 5.41) is 5.87. The largest absolute Gasteiger partial charge is 0.444 e. The average molecular weight is 362 g/mol. The first kappa shape index (κ1) is 15.4. The highest BCUT2D eigenvalue weighted by Gasteiger charge is 2.13. The number of thiocarbonyl (C=S) groups is 1. The fraction of sp³-hybridized carbons (Fsp3) is 0.500. The maximum atomic E-state index is 11.8. The minimum absolute atomic E-state index is 0.217. The molecular formula is C12H16BrN3O3S. The molecule has 1 fully saturated rings. The number of morpholine rings is 1. The summed E-state index contributed by atoms with van der Waals surface area (Å²) < 4.78 is 10.9. The Labute approximate surface area is 131 Å². The van der Waals surface area contributed by atoms with Crippen LogP contribution in [0.5, 0.6) is 0 Å². The van der Waals surface area contributed by atoms with E-state index in [-0.39, 0.29) is 11.7 Å². The van der Waals surface area contributed by atoms with E-state index < -0.39 is 0 Å². The molecule has 20 heavy (non-hydrogen) atoms. The van der Waals surface area contributed by atoms with E-state index in [0.29, 0.717) is 16.3 Å². The van der Waals surface area contributed by atoms with E-state index in [1.54, 1.807) is 12.1 Å². The molecule has 1 saturated heterocycles. The maximum Gasteiger partial charge on any atom is 0.293 e. The highest BCUT2D eigenvalue weighted by Crippen LogP contribution is 2.13. The number of nitrogens with zero attached hydrogens (tertiary/aromatic N) is 1. The lowest BCUT2D eigenvalue weighted by Crippen LogP contribution is -2.44. The molecule has 1 aliphatic rings. The van der Waals surface area contributed by atoms with Gasteiger partial charge in [0.2, 0.25) is 0 Å². The molecule has 2 rings (SSSR count). The fourth-order valence-electron chi connectivity index (χ4n) is 1.80. The van der Waals surface area contributed by atoms with E-state index in [2.05, 4.69) is 31.5 Å². The molecule has 2 N–H and O–H groups in total. The number of halogens is 1. The van der Waals surface area contributed by atoms with Crippen LogP contribution in [0, 0.1) is 0 Å². The molecule has 1 aromatic rings. The van der Waals surface area contributed by atoms with Crippen molar-refractivity contribution in [2.45, 2.75) is 0 Å². The van der Waals surface area contributed by atoms with E-state index in [1.165, 1.54) is 0 Å². The second-order valence-corrected chi connectivity index (χ2v) is 5.46. The van der Waals surface area contributed by atoms with Gasteiger partial charge in [-0.25, -0.2) is 0 Å². The molecule has 0 bridgehead atoms. The van der Waals surface area contributed by atoms with E-state index >= 15 is 0 Å². The third-order valence-electron chi connectivity index (χ3n) is 2.84. The van der Waals surface area contributed by atoms with Crippen molar-refractivity contribution in [3.8, 4) is 0 Å². The Morgan fingerprint density at radius 2 is 2.15 bits per heavy atom. The Balaban J connectivity index is 1.66. The van der Waals surface area contributed by atoms with Gasteiger partial charge in [0.25, 0.3) is 5.91 Å². The molecule has 1 aliphatic heterocycles. The summed E-state index contributed by atoms with van der Waals surface area (Å²) in [4.78, 5) is 14.0. The number of amides is 1. The summed E-state index contributed by atoms with van der Waals surface area (Å²) in [7, 11) is 0. The molecule has 0 unspecified atom stereocenters. The van der Waals surface area contributed by atoms with Crippen molar-refractivity contribution >= 4 is 39.2 Å². The normalized spacial score (nSPS) is 15.8. The average Bonchev–Trinajstić information content (AvgIpc) is 2.87. The van der Waals surface area contributed by atoms with Crippen molar-refractivity contribution in [3.63, 3.8) is 0 Å². The molecule has 2 heterocycles. The van der Waals surface area contributed by atoms with Crippen LogP contribution in [-0.4, -0.2) is 55.3 Å². The zero-order valence-corrected chi connectivity index (χ0v) is 13.3. The lowest BCUT2D eigenvalue weighted by Gasteiger charge is -2.26. The molecule has 0 spiro atoms. The number of furan rings is 1. The number of ether oxygens (including phenoxy) is 1. The first-order chi connectivity index (χ1) is 9.65. The van der Waals surface area contributed by atoms with Crippen LogP contribution in [0.25, 0.3) is 0 Å². The van der Waals surface area contributed by atoms with Crippen LogP contribution in [0.2, 0.25) is 0 Å². The molecular weight excluding hydrogens is 346 g/mol. The predicted octanol–water partition coefficient (Wildman–Crippen LogP) is 0.979. The number of carbonyl (C=O) groups excluding carboxylic acids is 1. The van der Waals surface area contributed by atoms with E-state index in [4.69, 9.17) is 21.4 Å². The second kappa shape index (κ2) is 7.72. The van der Waals surface area contributed by atoms with Crippen molar-refractivity contribution < 1.29 is 13.9 Å². The molecule has 110 valence electrons. The van der Waals surface area contributed by atoms with Crippen molar-refractivity contribution in [1.82, 2.24) is 15.5 Å². The summed E-state index contributed by atoms with van der Waals surface area (Å²) >= 11 is 8.21. The predicted molar refractivity (Wildman–Crippen MR) is 81.7 cm³/mol. The monoisotopic (exact) mass is 361 g/mol. The second-order valence-electron chi connectivity index (χ2n) is 4.27. The topological polar surface area (TPSA) is 66.7 Å². The minimum atomic E-state index is -0.362. The summed E-state index contributed by atoms with van der Waals surface area (Å²) in [5.41, 5.74) is 0. The highest BCUT2D eigenvalue weighted by molar-refractivity contribution is 9.10.